The molecule has 1 aromatic carbocycles. The van der Waals surface area contributed by atoms with Crippen LogP contribution in [-0.2, 0) is 11.3 Å². The molecule has 0 saturated heterocycles. The predicted molar refractivity (Wildman–Crippen MR) is 116 cm³/mol. The van der Waals surface area contributed by atoms with Gasteiger partial charge in [0, 0.05) is 37.2 Å². The zero-order valence-corrected chi connectivity index (χ0v) is 18.5. The summed E-state index contributed by atoms with van der Waals surface area (Å²) < 4.78 is 9.35. The third-order valence-electron chi connectivity index (χ3n) is 5.09. The van der Waals surface area contributed by atoms with Crippen molar-refractivity contribution in [2.24, 2.45) is 0 Å². The van der Waals surface area contributed by atoms with Crippen molar-refractivity contribution in [2.75, 3.05) is 19.5 Å². The molecule has 0 N–H and O–H groups in total. The summed E-state index contributed by atoms with van der Waals surface area (Å²) in [5, 5.41) is 9.26. The molecule has 2 heterocycles. The second-order valence-electron chi connectivity index (χ2n) is 7.15. The Kier molecular flexibility index (Phi) is 6.92. The van der Waals surface area contributed by atoms with Gasteiger partial charge in [-0.3, -0.25) is 9.36 Å². The second-order valence-corrected chi connectivity index (χ2v) is 8.09. The van der Waals surface area contributed by atoms with Crippen LogP contribution >= 0.6 is 11.8 Å². The van der Waals surface area contributed by atoms with Gasteiger partial charge in [-0.25, -0.2) is 0 Å². The van der Waals surface area contributed by atoms with Crippen molar-refractivity contribution < 1.29 is 9.53 Å². The van der Waals surface area contributed by atoms with Crippen molar-refractivity contribution >= 4 is 17.5 Å². The van der Waals surface area contributed by atoms with Crippen LogP contribution in [0.2, 0.25) is 0 Å². The molecule has 154 valence electrons. The van der Waals surface area contributed by atoms with Gasteiger partial charge >= 0.3 is 0 Å². The maximum atomic E-state index is 12.9. The zero-order valence-electron chi connectivity index (χ0n) is 17.7. The fraction of sp³-hybridized carbons (Fsp3) is 0.409. The summed E-state index contributed by atoms with van der Waals surface area (Å²) in [5.41, 5.74) is 5.09. The molecule has 3 aromatic rings. The number of aryl methyl sites for hydroxylation is 3. The lowest BCUT2D eigenvalue weighted by atomic mass is 10.2. The van der Waals surface area contributed by atoms with Crippen molar-refractivity contribution in [3.05, 3.63) is 58.7 Å². The summed E-state index contributed by atoms with van der Waals surface area (Å²) >= 11 is 1.43. The molecule has 2 aromatic heterocycles. The lowest BCUT2D eigenvalue weighted by molar-refractivity contribution is 0.102. The normalized spacial score (nSPS) is 11.2. The largest absolute Gasteiger partial charge is 0.385 e. The summed E-state index contributed by atoms with van der Waals surface area (Å²) in [6.45, 7) is 9.61. The fourth-order valence-corrected chi connectivity index (χ4v) is 4.40. The summed E-state index contributed by atoms with van der Waals surface area (Å²) in [6, 6.07) is 10.1. The first-order valence-electron chi connectivity index (χ1n) is 9.73. The van der Waals surface area contributed by atoms with E-state index in [1.807, 2.05) is 49.6 Å². The first-order chi connectivity index (χ1) is 13.9. The molecule has 0 aliphatic rings. The van der Waals surface area contributed by atoms with Gasteiger partial charge in [-0.1, -0.05) is 30.0 Å². The predicted octanol–water partition coefficient (Wildman–Crippen LogP) is 4.31. The maximum absolute atomic E-state index is 12.9. The van der Waals surface area contributed by atoms with Crippen LogP contribution in [0.1, 0.15) is 39.6 Å². The number of carbonyl (C=O) groups is 1. The Morgan fingerprint density at radius 1 is 1.14 bits per heavy atom. The maximum Gasteiger partial charge on any atom is 0.196 e. The minimum atomic E-state index is 0.109. The lowest BCUT2D eigenvalue weighted by Gasteiger charge is -2.11. The molecule has 7 heteroatoms. The molecule has 0 bridgehead atoms. The number of methoxy groups -OCH3 is 1. The number of ketones is 1. The Hall–Kier alpha value is -2.38. The van der Waals surface area contributed by atoms with Gasteiger partial charge < -0.3 is 9.30 Å². The van der Waals surface area contributed by atoms with E-state index in [2.05, 4.69) is 27.8 Å². The van der Waals surface area contributed by atoms with Crippen LogP contribution in [0.3, 0.4) is 0 Å². The van der Waals surface area contributed by atoms with Gasteiger partial charge in [0.2, 0.25) is 0 Å². The van der Waals surface area contributed by atoms with E-state index in [0.29, 0.717) is 12.4 Å². The summed E-state index contributed by atoms with van der Waals surface area (Å²) in [4.78, 5) is 12.9. The van der Waals surface area contributed by atoms with Crippen molar-refractivity contribution in [3.8, 4) is 5.69 Å². The van der Waals surface area contributed by atoms with Crippen LogP contribution < -0.4 is 0 Å². The number of para-hydroxylation sites is 1. The van der Waals surface area contributed by atoms with E-state index in [-0.39, 0.29) is 5.78 Å². The average Bonchev–Trinajstić information content (AvgIpc) is 3.20. The second kappa shape index (κ2) is 9.41. The Morgan fingerprint density at radius 3 is 2.62 bits per heavy atom. The highest BCUT2D eigenvalue weighted by Gasteiger charge is 2.19. The fourth-order valence-electron chi connectivity index (χ4n) is 3.53. The highest BCUT2D eigenvalue weighted by atomic mass is 32.2. The molecular formula is C22H28N4O2S. The number of nitrogens with zero attached hydrogens (tertiary/aromatic N) is 4. The van der Waals surface area contributed by atoms with E-state index in [0.717, 1.165) is 52.1 Å². The Balaban J connectivity index is 1.76. The van der Waals surface area contributed by atoms with Crippen LogP contribution in [0.25, 0.3) is 5.69 Å². The number of rotatable bonds is 9. The molecule has 0 saturated carbocycles. The highest BCUT2D eigenvalue weighted by Crippen LogP contribution is 2.25. The number of hydrogen-bond acceptors (Lipinski definition) is 5. The van der Waals surface area contributed by atoms with Gasteiger partial charge in [0.25, 0.3) is 0 Å². The van der Waals surface area contributed by atoms with E-state index in [4.69, 9.17) is 4.74 Å². The van der Waals surface area contributed by atoms with Crippen molar-refractivity contribution in [2.45, 2.75) is 45.8 Å². The first-order valence-corrected chi connectivity index (χ1v) is 10.7. The third-order valence-corrected chi connectivity index (χ3v) is 6.02. The number of carbonyl (C=O) groups excluding carboxylic acids is 1. The number of ether oxygens (including phenoxy) is 1. The van der Waals surface area contributed by atoms with Crippen molar-refractivity contribution in [3.63, 3.8) is 0 Å². The molecule has 0 fully saturated rings. The minimum absolute atomic E-state index is 0.109. The van der Waals surface area contributed by atoms with Crippen LogP contribution in [0.4, 0.5) is 0 Å². The molecule has 0 aliphatic heterocycles. The number of thioether (sulfide) groups is 1. The molecule has 0 radical (unpaired) electrons. The molecule has 0 spiro atoms. The standard InChI is InChI=1S/C22H28N4O2S/c1-15-9-6-7-10-20(15)26-18(4)23-24-22(26)29-14-21(27)19-13-16(2)25(17(19)3)11-8-12-28-5/h6-7,9-10,13H,8,11-12,14H2,1-5H3. The molecule has 0 atom stereocenters. The summed E-state index contributed by atoms with van der Waals surface area (Å²) in [5.74, 6) is 1.25. The van der Waals surface area contributed by atoms with Crippen LogP contribution in [0.15, 0.2) is 35.5 Å². The molecular weight excluding hydrogens is 384 g/mol. The number of benzene rings is 1. The van der Waals surface area contributed by atoms with E-state index >= 15 is 0 Å². The average molecular weight is 413 g/mol. The zero-order chi connectivity index (χ0) is 21.0. The first kappa shape index (κ1) is 21.3. The molecule has 29 heavy (non-hydrogen) atoms. The van der Waals surface area contributed by atoms with Crippen LogP contribution in [0.5, 0.6) is 0 Å². The van der Waals surface area contributed by atoms with Gasteiger partial charge in [-0.05, 0) is 51.8 Å². The van der Waals surface area contributed by atoms with Gasteiger partial charge in [-0.15, -0.1) is 10.2 Å². The van der Waals surface area contributed by atoms with Crippen molar-refractivity contribution in [1.82, 2.24) is 19.3 Å². The lowest BCUT2D eigenvalue weighted by Crippen LogP contribution is -2.09. The summed E-state index contributed by atoms with van der Waals surface area (Å²) in [6.07, 6.45) is 0.925. The number of hydrogen-bond donors (Lipinski definition) is 0. The molecule has 3 rings (SSSR count). The number of aromatic nitrogens is 4. The van der Waals surface area contributed by atoms with Gasteiger partial charge in [0.1, 0.15) is 5.82 Å². The quantitative estimate of drug-likeness (QED) is 0.298. The van der Waals surface area contributed by atoms with E-state index in [1.54, 1.807) is 7.11 Å². The third kappa shape index (κ3) is 4.62. The van der Waals surface area contributed by atoms with Gasteiger partial charge in [0.15, 0.2) is 10.9 Å². The van der Waals surface area contributed by atoms with Crippen LogP contribution in [0, 0.1) is 27.7 Å². The van der Waals surface area contributed by atoms with E-state index in [1.165, 1.54) is 11.8 Å². The molecule has 0 amide bonds. The monoisotopic (exact) mass is 412 g/mol. The van der Waals surface area contributed by atoms with Crippen molar-refractivity contribution in [1.29, 1.82) is 0 Å². The van der Waals surface area contributed by atoms with Crippen LogP contribution in [-0.4, -0.2) is 44.6 Å². The SMILES string of the molecule is COCCCn1c(C)cc(C(=O)CSc2nnc(C)n2-c2ccccc2C)c1C. The summed E-state index contributed by atoms with van der Waals surface area (Å²) in [7, 11) is 1.71. The number of Topliss-reactive ketones (excluding diaryl/α,β-unsaturated/α-hetero) is 1. The molecule has 0 aliphatic carbocycles. The Labute approximate surface area is 176 Å². The highest BCUT2D eigenvalue weighted by molar-refractivity contribution is 7.99. The Bertz CT molecular complexity index is 1010. The topological polar surface area (TPSA) is 61.9 Å². The van der Waals surface area contributed by atoms with E-state index in [9.17, 15) is 4.79 Å². The smallest absolute Gasteiger partial charge is 0.196 e. The van der Waals surface area contributed by atoms with E-state index < -0.39 is 0 Å². The van der Waals surface area contributed by atoms with Gasteiger partial charge in [0.05, 0.1) is 11.4 Å². The molecule has 0 unspecified atom stereocenters. The Morgan fingerprint density at radius 2 is 1.90 bits per heavy atom. The molecule has 6 nitrogen and oxygen atoms in total. The minimum Gasteiger partial charge on any atom is -0.385 e. The van der Waals surface area contributed by atoms with Gasteiger partial charge in [-0.2, -0.15) is 0 Å².